The second-order valence-electron chi connectivity index (χ2n) is 6.56. The van der Waals surface area contributed by atoms with Crippen LogP contribution in [0.3, 0.4) is 0 Å². The normalized spacial score (nSPS) is 10.7. The number of pyridine rings is 1. The van der Waals surface area contributed by atoms with Crippen molar-refractivity contribution in [2.75, 3.05) is 5.32 Å². The van der Waals surface area contributed by atoms with Crippen LogP contribution in [0.4, 0.5) is 5.69 Å². The molecule has 2 aromatic rings. The maximum absolute atomic E-state index is 13.1. The number of nitrogens with one attached hydrogen (secondary N) is 1. The predicted octanol–water partition coefficient (Wildman–Crippen LogP) is 5.87. The van der Waals surface area contributed by atoms with Crippen LogP contribution in [0.2, 0.25) is 0 Å². The van der Waals surface area contributed by atoms with E-state index in [2.05, 4.69) is 65.7 Å². The van der Waals surface area contributed by atoms with Crippen molar-refractivity contribution in [3.63, 3.8) is 0 Å². The van der Waals surface area contributed by atoms with Crippen molar-refractivity contribution in [3.05, 3.63) is 68.5 Å². The number of carbonyl (C=O) groups excluding carboxylic acids is 1. The second-order valence-corrected chi connectivity index (χ2v) is 7.36. The van der Waals surface area contributed by atoms with Crippen molar-refractivity contribution >= 4 is 27.5 Å². The molecule has 0 aliphatic carbocycles. The lowest BCUT2D eigenvalue weighted by Crippen LogP contribution is -2.19. The number of nitrogens with zero attached hydrogens (tertiary/aromatic N) is 1. The minimum Gasteiger partial charge on any atom is -0.321 e. The zero-order chi connectivity index (χ0) is 19.4. The Morgan fingerprint density at radius 2 is 1.73 bits per heavy atom. The Morgan fingerprint density at radius 3 is 2.23 bits per heavy atom. The van der Waals surface area contributed by atoms with E-state index < -0.39 is 0 Å². The zero-order valence-electron chi connectivity index (χ0n) is 16.3. The van der Waals surface area contributed by atoms with Gasteiger partial charge in [0, 0.05) is 15.9 Å². The summed E-state index contributed by atoms with van der Waals surface area (Å²) in [6.07, 6.45) is 4.25. The summed E-state index contributed by atoms with van der Waals surface area (Å²) in [5.41, 5.74) is 7.73. The van der Waals surface area contributed by atoms with Crippen LogP contribution in [0.5, 0.6) is 0 Å². The van der Waals surface area contributed by atoms with Crippen LogP contribution in [0.25, 0.3) is 0 Å². The Labute approximate surface area is 165 Å². The number of aryl methyl sites for hydroxylation is 5. The predicted molar refractivity (Wildman–Crippen MR) is 113 cm³/mol. The number of carbonyl (C=O) groups is 1. The summed E-state index contributed by atoms with van der Waals surface area (Å²) < 4.78 is 0.808. The van der Waals surface area contributed by atoms with E-state index in [1.165, 1.54) is 5.56 Å². The molecule has 1 N–H and O–H groups in total. The number of allylic oxidation sites excluding steroid dienone is 1. The highest BCUT2D eigenvalue weighted by Crippen LogP contribution is 2.30. The molecule has 0 aliphatic rings. The highest BCUT2D eigenvalue weighted by molar-refractivity contribution is 9.10. The summed E-state index contributed by atoms with van der Waals surface area (Å²) >= 11 is 3.63. The average molecular weight is 415 g/mol. The molecule has 0 spiro atoms. The number of rotatable bonds is 6. The van der Waals surface area contributed by atoms with Crippen LogP contribution in [0, 0.1) is 20.8 Å². The average Bonchev–Trinajstić information content (AvgIpc) is 2.59. The standard InChI is InChI=1S/C22H27BrN2O/c1-7-10-18-14(5)24-15(6)19(20(18)23)22(26)25-21-16(8-2)11-13(4)12-17(21)9-3/h7,11-12H,1,8-10H2,2-6H3,(H,25,26). The fraction of sp³-hybridized carbons (Fsp3) is 0.364. The molecule has 1 amide bonds. The van der Waals surface area contributed by atoms with Crippen LogP contribution in [0.15, 0.2) is 29.3 Å². The number of anilines is 1. The van der Waals surface area contributed by atoms with Gasteiger partial charge in [0.05, 0.1) is 11.3 Å². The Kier molecular flexibility index (Phi) is 6.76. The topological polar surface area (TPSA) is 42.0 Å². The first kappa shape index (κ1) is 20.4. The van der Waals surface area contributed by atoms with E-state index in [1.807, 2.05) is 19.9 Å². The van der Waals surface area contributed by atoms with Crippen molar-refractivity contribution in [1.82, 2.24) is 4.98 Å². The van der Waals surface area contributed by atoms with Gasteiger partial charge >= 0.3 is 0 Å². The maximum atomic E-state index is 13.1. The second kappa shape index (κ2) is 8.63. The van der Waals surface area contributed by atoms with E-state index in [9.17, 15) is 4.79 Å². The Hall–Kier alpha value is -1.94. The van der Waals surface area contributed by atoms with Gasteiger partial charge in [0.1, 0.15) is 0 Å². The molecule has 0 saturated heterocycles. The first-order valence-electron chi connectivity index (χ1n) is 9.04. The molecule has 0 aliphatic heterocycles. The number of hydrogen-bond donors (Lipinski definition) is 1. The van der Waals surface area contributed by atoms with Crippen LogP contribution in [0.1, 0.15) is 57.8 Å². The zero-order valence-corrected chi connectivity index (χ0v) is 17.9. The quantitative estimate of drug-likeness (QED) is 0.599. The molecule has 0 fully saturated rings. The monoisotopic (exact) mass is 414 g/mol. The molecule has 0 saturated carbocycles. The van der Waals surface area contributed by atoms with Crippen molar-refractivity contribution < 1.29 is 4.79 Å². The fourth-order valence-electron chi connectivity index (χ4n) is 3.33. The molecule has 26 heavy (non-hydrogen) atoms. The molecule has 138 valence electrons. The minimum atomic E-state index is -0.125. The molecule has 3 nitrogen and oxygen atoms in total. The highest BCUT2D eigenvalue weighted by atomic mass is 79.9. The maximum Gasteiger partial charge on any atom is 0.258 e. The lowest BCUT2D eigenvalue weighted by atomic mass is 9.99. The van der Waals surface area contributed by atoms with Gasteiger partial charge in [-0.3, -0.25) is 9.78 Å². The number of aromatic nitrogens is 1. The first-order valence-corrected chi connectivity index (χ1v) is 9.83. The summed E-state index contributed by atoms with van der Waals surface area (Å²) in [5.74, 6) is -0.125. The van der Waals surface area contributed by atoms with Gasteiger partial charge in [-0.1, -0.05) is 37.6 Å². The Balaban J connectivity index is 2.52. The molecule has 1 heterocycles. The van der Waals surface area contributed by atoms with Crippen molar-refractivity contribution in [2.24, 2.45) is 0 Å². The highest BCUT2D eigenvalue weighted by Gasteiger charge is 2.21. The van der Waals surface area contributed by atoms with Crippen LogP contribution >= 0.6 is 15.9 Å². The summed E-state index contributed by atoms with van der Waals surface area (Å²) in [4.78, 5) is 17.7. The van der Waals surface area contributed by atoms with Gasteiger partial charge in [0.2, 0.25) is 0 Å². The lowest BCUT2D eigenvalue weighted by Gasteiger charge is -2.18. The van der Waals surface area contributed by atoms with Crippen LogP contribution in [-0.4, -0.2) is 10.9 Å². The van der Waals surface area contributed by atoms with Gasteiger partial charge in [-0.05, 0) is 72.7 Å². The number of halogens is 1. The van der Waals surface area contributed by atoms with E-state index in [1.54, 1.807) is 0 Å². The third kappa shape index (κ3) is 4.07. The van der Waals surface area contributed by atoms with Gasteiger partial charge in [0.15, 0.2) is 0 Å². The van der Waals surface area contributed by atoms with E-state index in [0.29, 0.717) is 12.0 Å². The van der Waals surface area contributed by atoms with E-state index in [0.717, 1.165) is 51.1 Å². The molecule has 0 bridgehead atoms. The molecular formula is C22H27BrN2O. The molecule has 1 aromatic carbocycles. The van der Waals surface area contributed by atoms with Crippen LogP contribution in [-0.2, 0) is 19.3 Å². The Bertz CT molecular complexity index is 831. The lowest BCUT2D eigenvalue weighted by molar-refractivity contribution is 0.102. The Morgan fingerprint density at radius 1 is 1.15 bits per heavy atom. The SMILES string of the molecule is C=CCc1c(C)nc(C)c(C(=O)Nc2c(CC)cc(C)cc2CC)c1Br. The van der Waals surface area contributed by atoms with Crippen LogP contribution < -0.4 is 5.32 Å². The molecule has 4 heteroatoms. The summed E-state index contributed by atoms with van der Waals surface area (Å²) in [6.45, 7) is 14.0. The van der Waals surface area contributed by atoms with Gasteiger partial charge in [-0.25, -0.2) is 0 Å². The summed E-state index contributed by atoms with van der Waals surface area (Å²) in [6, 6.07) is 4.29. The van der Waals surface area contributed by atoms with E-state index in [4.69, 9.17) is 0 Å². The molecule has 0 radical (unpaired) electrons. The van der Waals surface area contributed by atoms with Gasteiger partial charge in [0.25, 0.3) is 5.91 Å². The number of hydrogen-bond acceptors (Lipinski definition) is 2. The van der Waals surface area contributed by atoms with Gasteiger partial charge in [-0.15, -0.1) is 6.58 Å². The van der Waals surface area contributed by atoms with Crippen molar-refractivity contribution in [3.8, 4) is 0 Å². The summed E-state index contributed by atoms with van der Waals surface area (Å²) in [5, 5.41) is 3.16. The largest absolute Gasteiger partial charge is 0.321 e. The van der Waals surface area contributed by atoms with Crippen molar-refractivity contribution in [2.45, 2.75) is 53.9 Å². The van der Waals surface area contributed by atoms with Crippen molar-refractivity contribution in [1.29, 1.82) is 0 Å². The fourth-order valence-corrected chi connectivity index (χ4v) is 4.24. The molecule has 0 unspecified atom stereocenters. The number of benzene rings is 1. The van der Waals surface area contributed by atoms with E-state index in [-0.39, 0.29) is 5.91 Å². The summed E-state index contributed by atoms with van der Waals surface area (Å²) in [7, 11) is 0. The first-order chi connectivity index (χ1) is 12.3. The smallest absolute Gasteiger partial charge is 0.258 e. The minimum absolute atomic E-state index is 0.125. The third-order valence-corrected chi connectivity index (χ3v) is 5.52. The van der Waals surface area contributed by atoms with E-state index >= 15 is 0 Å². The van der Waals surface area contributed by atoms with Gasteiger partial charge in [-0.2, -0.15) is 0 Å². The third-order valence-electron chi connectivity index (χ3n) is 4.64. The molecular weight excluding hydrogens is 388 g/mol. The number of amides is 1. The molecule has 0 atom stereocenters. The van der Waals surface area contributed by atoms with Gasteiger partial charge < -0.3 is 5.32 Å². The molecule has 1 aromatic heterocycles. The molecule has 2 rings (SSSR count).